The summed E-state index contributed by atoms with van der Waals surface area (Å²) in [4.78, 5) is 15.8. The Morgan fingerprint density at radius 2 is 2.10 bits per heavy atom. The number of carbonyl (C=O) groups excluding carboxylic acids is 1. The summed E-state index contributed by atoms with van der Waals surface area (Å²) in [5.41, 5.74) is 7.28. The lowest BCUT2D eigenvalue weighted by molar-refractivity contribution is 0.0601. The summed E-state index contributed by atoms with van der Waals surface area (Å²) in [6.45, 7) is 0.548. The second kappa shape index (κ2) is 6.69. The molecule has 0 aliphatic carbocycles. The van der Waals surface area contributed by atoms with Crippen LogP contribution in [0.3, 0.4) is 0 Å². The number of rotatable bonds is 5. The molecule has 0 unspecified atom stereocenters. The molecular formula is C15H16FN3O2. The maximum Gasteiger partial charge on any atom is 0.341 e. The predicted molar refractivity (Wildman–Crippen MR) is 78.6 cm³/mol. The normalized spacial score (nSPS) is 10.2. The molecule has 0 fully saturated rings. The van der Waals surface area contributed by atoms with Gasteiger partial charge in [-0.15, -0.1) is 0 Å². The van der Waals surface area contributed by atoms with E-state index in [-0.39, 0.29) is 11.4 Å². The maximum absolute atomic E-state index is 12.8. The SMILES string of the molecule is COC(=O)c1cc(N)cnc1NCCc1ccc(F)cc1. The monoisotopic (exact) mass is 289 g/mol. The summed E-state index contributed by atoms with van der Waals surface area (Å²) in [5, 5.41) is 3.06. The van der Waals surface area contributed by atoms with E-state index in [0.29, 0.717) is 24.5 Å². The van der Waals surface area contributed by atoms with Gasteiger partial charge < -0.3 is 15.8 Å². The zero-order chi connectivity index (χ0) is 15.2. The molecule has 0 aliphatic heterocycles. The molecule has 1 heterocycles. The first-order valence-electron chi connectivity index (χ1n) is 6.42. The van der Waals surface area contributed by atoms with Crippen molar-refractivity contribution in [3.8, 4) is 0 Å². The lowest BCUT2D eigenvalue weighted by Crippen LogP contribution is -2.13. The number of nitrogen functional groups attached to an aromatic ring is 1. The van der Waals surface area contributed by atoms with Crippen molar-refractivity contribution in [2.45, 2.75) is 6.42 Å². The molecule has 1 aromatic carbocycles. The van der Waals surface area contributed by atoms with Crippen molar-refractivity contribution in [3.63, 3.8) is 0 Å². The summed E-state index contributed by atoms with van der Waals surface area (Å²) in [6.07, 6.45) is 2.14. The van der Waals surface area contributed by atoms with E-state index in [1.54, 1.807) is 12.1 Å². The zero-order valence-electron chi connectivity index (χ0n) is 11.6. The Bertz CT molecular complexity index is 629. The number of pyridine rings is 1. The van der Waals surface area contributed by atoms with Crippen LogP contribution in [0.15, 0.2) is 36.5 Å². The molecule has 0 bridgehead atoms. The highest BCUT2D eigenvalue weighted by molar-refractivity contribution is 5.95. The third kappa shape index (κ3) is 3.92. The molecule has 1 aromatic heterocycles. The summed E-state index contributed by atoms with van der Waals surface area (Å²) in [5.74, 6) is -0.350. The quantitative estimate of drug-likeness (QED) is 0.825. The topological polar surface area (TPSA) is 77.2 Å². The van der Waals surface area contributed by atoms with Crippen molar-refractivity contribution in [1.82, 2.24) is 4.98 Å². The first-order chi connectivity index (χ1) is 10.1. The molecule has 0 amide bonds. The third-order valence-corrected chi connectivity index (χ3v) is 2.93. The number of hydrogen-bond donors (Lipinski definition) is 2. The Morgan fingerprint density at radius 1 is 1.38 bits per heavy atom. The summed E-state index contributed by atoms with van der Waals surface area (Å²) < 4.78 is 17.5. The van der Waals surface area contributed by atoms with Crippen LogP contribution in [0.4, 0.5) is 15.9 Å². The van der Waals surface area contributed by atoms with Crippen molar-refractivity contribution in [2.75, 3.05) is 24.7 Å². The van der Waals surface area contributed by atoms with Gasteiger partial charge in [0.25, 0.3) is 0 Å². The molecule has 0 saturated carbocycles. The van der Waals surface area contributed by atoms with Gasteiger partial charge in [-0.3, -0.25) is 0 Å². The van der Waals surface area contributed by atoms with Gasteiger partial charge in [-0.25, -0.2) is 14.2 Å². The molecule has 21 heavy (non-hydrogen) atoms. The lowest BCUT2D eigenvalue weighted by atomic mass is 10.1. The van der Waals surface area contributed by atoms with Gasteiger partial charge in [0.2, 0.25) is 0 Å². The van der Waals surface area contributed by atoms with Crippen LogP contribution in [-0.2, 0) is 11.2 Å². The summed E-state index contributed by atoms with van der Waals surface area (Å²) in [7, 11) is 1.30. The average molecular weight is 289 g/mol. The lowest BCUT2D eigenvalue weighted by Gasteiger charge is -2.10. The fourth-order valence-electron chi connectivity index (χ4n) is 1.86. The number of aromatic nitrogens is 1. The molecule has 3 N–H and O–H groups in total. The number of anilines is 2. The highest BCUT2D eigenvalue weighted by atomic mass is 19.1. The minimum Gasteiger partial charge on any atom is -0.465 e. The van der Waals surface area contributed by atoms with E-state index in [2.05, 4.69) is 10.3 Å². The van der Waals surface area contributed by atoms with Crippen LogP contribution >= 0.6 is 0 Å². The second-order valence-electron chi connectivity index (χ2n) is 4.46. The van der Waals surface area contributed by atoms with Gasteiger partial charge in [0.05, 0.1) is 19.0 Å². The van der Waals surface area contributed by atoms with Gasteiger partial charge in [-0.05, 0) is 30.2 Å². The number of carbonyl (C=O) groups is 1. The predicted octanol–water partition coefficient (Wildman–Crippen LogP) is 2.24. The number of nitrogens with zero attached hydrogens (tertiary/aromatic N) is 1. The Hall–Kier alpha value is -2.63. The molecule has 5 nitrogen and oxygen atoms in total. The highest BCUT2D eigenvalue weighted by Gasteiger charge is 2.13. The van der Waals surface area contributed by atoms with Crippen molar-refractivity contribution in [1.29, 1.82) is 0 Å². The van der Waals surface area contributed by atoms with E-state index >= 15 is 0 Å². The largest absolute Gasteiger partial charge is 0.465 e. The first-order valence-corrected chi connectivity index (χ1v) is 6.42. The number of ether oxygens (including phenoxy) is 1. The fourth-order valence-corrected chi connectivity index (χ4v) is 1.86. The summed E-state index contributed by atoms with van der Waals surface area (Å²) >= 11 is 0. The standard InChI is InChI=1S/C15H16FN3O2/c1-21-15(20)13-8-12(17)9-19-14(13)18-7-6-10-2-4-11(16)5-3-10/h2-5,8-9H,6-7,17H2,1H3,(H,18,19). The molecule has 110 valence electrons. The molecule has 0 aliphatic rings. The van der Waals surface area contributed by atoms with Crippen molar-refractivity contribution >= 4 is 17.5 Å². The van der Waals surface area contributed by atoms with Crippen molar-refractivity contribution in [2.24, 2.45) is 0 Å². The number of nitrogens with two attached hydrogens (primary N) is 1. The highest BCUT2D eigenvalue weighted by Crippen LogP contribution is 2.16. The molecule has 2 aromatic rings. The number of hydrogen-bond acceptors (Lipinski definition) is 5. The van der Waals surface area contributed by atoms with Gasteiger partial charge >= 0.3 is 5.97 Å². The number of esters is 1. The minimum absolute atomic E-state index is 0.264. The zero-order valence-corrected chi connectivity index (χ0v) is 11.6. The van der Waals surface area contributed by atoms with E-state index in [0.717, 1.165) is 5.56 Å². The first kappa shape index (κ1) is 14.8. The molecular weight excluding hydrogens is 273 g/mol. The van der Waals surface area contributed by atoms with E-state index < -0.39 is 5.97 Å². The van der Waals surface area contributed by atoms with Crippen LogP contribution in [-0.4, -0.2) is 24.6 Å². The van der Waals surface area contributed by atoms with E-state index in [9.17, 15) is 9.18 Å². The second-order valence-corrected chi connectivity index (χ2v) is 4.46. The van der Waals surface area contributed by atoms with Gasteiger partial charge in [0.15, 0.2) is 0 Å². The summed E-state index contributed by atoms with van der Waals surface area (Å²) in [6, 6.07) is 7.77. The molecule has 2 rings (SSSR count). The Balaban J connectivity index is 2.02. The van der Waals surface area contributed by atoms with Crippen LogP contribution in [0.2, 0.25) is 0 Å². The van der Waals surface area contributed by atoms with E-state index in [1.165, 1.54) is 31.5 Å². The van der Waals surface area contributed by atoms with Crippen LogP contribution in [0, 0.1) is 5.82 Å². The number of nitrogens with one attached hydrogen (secondary N) is 1. The smallest absolute Gasteiger partial charge is 0.341 e. The van der Waals surface area contributed by atoms with Gasteiger partial charge in [-0.2, -0.15) is 0 Å². The van der Waals surface area contributed by atoms with Crippen molar-refractivity contribution in [3.05, 3.63) is 53.5 Å². The van der Waals surface area contributed by atoms with Crippen molar-refractivity contribution < 1.29 is 13.9 Å². The van der Waals surface area contributed by atoms with Gasteiger partial charge in [0, 0.05) is 6.54 Å². The van der Waals surface area contributed by atoms with Crippen LogP contribution in [0.5, 0.6) is 0 Å². The maximum atomic E-state index is 12.8. The third-order valence-electron chi connectivity index (χ3n) is 2.93. The van der Waals surface area contributed by atoms with E-state index in [4.69, 9.17) is 10.5 Å². The fraction of sp³-hybridized carbons (Fsp3) is 0.200. The van der Waals surface area contributed by atoms with Crippen LogP contribution < -0.4 is 11.1 Å². The van der Waals surface area contributed by atoms with Gasteiger partial charge in [-0.1, -0.05) is 12.1 Å². The minimum atomic E-state index is -0.501. The molecule has 0 saturated heterocycles. The Labute approximate surface area is 121 Å². The molecule has 6 heteroatoms. The van der Waals surface area contributed by atoms with Gasteiger partial charge in [0.1, 0.15) is 17.2 Å². The molecule has 0 atom stereocenters. The Kier molecular flexibility index (Phi) is 4.71. The van der Waals surface area contributed by atoms with E-state index in [1.807, 2.05) is 0 Å². The number of halogens is 1. The Morgan fingerprint density at radius 3 is 2.76 bits per heavy atom. The van der Waals surface area contributed by atoms with Crippen LogP contribution in [0.1, 0.15) is 15.9 Å². The average Bonchev–Trinajstić information content (AvgIpc) is 2.50. The number of benzene rings is 1. The van der Waals surface area contributed by atoms with Crippen LogP contribution in [0.25, 0.3) is 0 Å². The molecule has 0 radical (unpaired) electrons. The molecule has 0 spiro atoms. The number of methoxy groups -OCH3 is 1.